The molecule has 1 spiro atoms. The van der Waals surface area contributed by atoms with E-state index in [9.17, 15) is 9.59 Å². The number of hydrogen-bond acceptors (Lipinski definition) is 3. The molecule has 2 fully saturated rings. The molecule has 2 bridgehead atoms. The second-order valence-electron chi connectivity index (χ2n) is 4.51. The van der Waals surface area contributed by atoms with Gasteiger partial charge in [-0.05, 0) is 26.2 Å². The third-order valence-corrected chi connectivity index (χ3v) is 3.93. The molecule has 1 aliphatic heterocycles. The fraction of sp³-hybridized carbons (Fsp3) is 0.600. The lowest BCUT2D eigenvalue weighted by atomic mass is 9.66. The van der Waals surface area contributed by atoms with Crippen LogP contribution in [0.25, 0.3) is 0 Å². The van der Waals surface area contributed by atoms with Crippen molar-refractivity contribution in [3.05, 3.63) is 11.6 Å². The van der Waals surface area contributed by atoms with Crippen molar-refractivity contribution >= 4 is 11.9 Å². The molecule has 2 unspecified atom stereocenters. The van der Waals surface area contributed by atoms with E-state index in [1.807, 2.05) is 6.92 Å². The number of cyclic esters (lactones) is 2. The van der Waals surface area contributed by atoms with Crippen LogP contribution < -0.4 is 0 Å². The minimum Gasteiger partial charge on any atom is -0.392 e. The average molecular weight is 178 g/mol. The highest BCUT2D eigenvalue weighted by molar-refractivity contribution is 6.03. The lowest BCUT2D eigenvalue weighted by Gasteiger charge is -2.29. The zero-order valence-electron chi connectivity index (χ0n) is 7.42. The molecule has 0 radical (unpaired) electrons. The van der Waals surface area contributed by atoms with Crippen molar-refractivity contribution in [3.8, 4) is 0 Å². The molecule has 0 aromatic rings. The number of fused-ring (bicyclic) bond motifs is 1. The Kier molecular flexibility index (Phi) is 0.963. The van der Waals surface area contributed by atoms with Crippen LogP contribution in [0.3, 0.4) is 0 Å². The van der Waals surface area contributed by atoms with Gasteiger partial charge in [0.05, 0.1) is 10.8 Å². The lowest BCUT2D eigenvalue weighted by Crippen LogP contribution is -2.37. The van der Waals surface area contributed by atoms with Crippen LogP contribution >= 0.6 is 0 Å². The van der Waals surface area contributed by atoms with E-state index in [1.165, 1.54) is 5.57 Å². The summed E-state index contributed by atoms with van der Waals surface area (Å²) in [5.74, 6) is -0.621. The monoisotopic (exact) mass is 178 g/mol. The first-order valence-electron chi connectivity index (χ1n) is 4.53. The highest BCUT2D eigenvalue weighted by atomic mass is 16.6. The van der Waals surface area contributed by atoms with Crippen LogP contribution in [-0.4, -0.2) is 11.9 Å². The summed E-state index contributed by atoms with van der Waals surface area (Å²) >= 11 is 0. The second kappa shape index (κ2) is 1.72. The Morgan fingerprint density at radius 3 is 2.69 bits per heavy atom. The van der Waals surface area contributed by atoms with Crippen molar-refractivity contribution in [1.82, 2.24) is 0 Å². The number of carbonyl (C=O) groups is 2. The van der Waals surface area contributed by atoms with E-state index in [4.69, 9.17) is 4.74 Å². The largest absolute Gasteiger partial charge is 0.392 e. The molecular weight excluding hydrogens is 168 g/mol. The molecule has 0 amide bonds. The molecule has 1 saturated carbocycles. The van der Waals surface area contributed by atoms with Crippen LogP contribution in [0.5, 0.6) is 0 Å². The van der Waals surface area contributed by atoms with Crippen molar-refractivity contribution in [3.63, 3.8) is 0 Å². The average Bonchev–Trinajstić information content (AvgIpc) is 2.64. The van der Waals surface area contributed by atoms with E-state index in [0.29, 0.717) is 6.42 Å². The van der Waals surface area contributed by atoms with Crippen LogP contribution in [0, 0.1) is 10.8 Å². The molecular formula is C10H10O3. The standard InChI is InChI=1S/C10H10O3/c1-9-4-6-2-3-10(9,5-6)8(12)13-7(9)11/h2H,3-5H2,1H3. The molecule has 0 N–H and O–H groups in total. The molecule has 1 saturated heterocycles. The molecule has 2 atom stereocenters. The van der Waals surface area contributed by atoms with Crippen LogP contribution in [-0.2, 0) is 14.3 Å². The number of carbonyl (C=O) groups excluding carboxylic acids is 2. The molecule has 1 heterocycles. The summed E-state index contributed by atoms with van der Waals surface area (Å²) in [6.07, 6.45) is 4.25. The molecule has 0 aromatic carbocycles. The van der Waals surface area contributed by atoms with Crippen molar-refractivity contribution < 1.29 is 14.3 Å². The van der Waals surface area contributed by atoms with E-state index in [0.717, 1.165) is 12.8 Å². The molecule has 3 rings (SSSR count). The van der Waals surface area contributed by atoms with Gasteiger partial charge in [-0.3, -0.25) is 9.59 Å². The van der Waals surface area contributed by atoms with Gasteiger partial charge in [-0.15, -0.1) is 0 Å². The summed E-state index contributed by atoms with van der Waals surface area (Å²) in [6, 6.07) is 0. The molecule has 68 valence electrons. The summed E-state index contributed by atoms with van der Waals surface area (Å²) in [5.41, 5.74) is 0.195. The van der Waals surface area contributed by atoms with Crippen molar-refractivity contribution in [2.45, 2.75) is 26.2 Å². The highest BCUT2D eigenvalue weighted by Gasteiger charge is 2.70. The van der Waals surface area contributed by atoms with Gasteiger partial charge >= 0.3 is 11.9 Å². The van der Waals surface area contributed by atoms with Gasteiger partial charge in [0.15, 0.2) is 0 Å². The van der Waals surface area contributed by atoms with Crippen LogP contribution in [0.4, 0.5) is 0 Å². The summed E-state index contributed by atoms with van der Waals surface area (Å²) in [4.78, 5) is 23.1. The van der Waals surface area contributed by atoms with E-state index >= 15 is 0 Å². The van der Waals surface area contributed by atoms with Crippen LogP contribution in [0.2, 0.25) is 0 Å². The predicted molar refractivity (Wildman–Crippen MR) is 43.6 cm³/mol. The fourth-order valence-corrected chi connectivity index (χ4v) is 2.97. The number of esters is 2. The smallest absolute Gasteiger partial charge is 0.321 e. The van der Waals surface area contributed by atoms with Crippen molar-refractivity contribution in [1.29, 1.82) is 0 Å². The van der Waals surface area contributed by atoms with E-state index < -0.39 is 10.8 Å². The first-order valence-corrected chi connectivity index (χ1v) is 4.53. The maximum atomic E-state index is 11.6. The summed E-state index contributed by atoms with van der Waals surface area (Å²) in [7, 11) is 0. The molecule has 13 heavy (non-hydrogen) atoms. The second-order valence-corrected chi connectivity index (χ2v) is 4.51. The summed E-state index contributed by atoms with van der Waals surface area (Å²) in [6.45, 7) is 1.86. The first-order chi connectivity index (χ1) is 6.08. The quantitative estimate of drug-likeness (QED) is 0.318. The SMILES string of the molecule is CC12CC3=CCC1(C3)C(=O)OC2=O. The lowest BCUT2D eigenvalue weighted by molar-refractivity contribution is -0.156. The molecule has 0 aromatic heterocycles. The summed E-state index contributed by atoms with van der Waals surface area (Å²) in [5, 5.41) is 0. The van der Waals surface area contributed by atoms with Gasteiger partial charge in [-0.1, -0.05) is 11.6 Å². The van der Waals surface area contributed by atoms with E-state index in [-0.39, 0.29) is 11.9 Å². The van der Waals surface area contributed by atoms with Gasteiger partial charge in [-0.25, -0.2) is 0 Å². The Labute approximate surface area is 75.8 Å². The molecule has 3 aliphatic rings. The topological polar surface area (TPSA) is 43.4 Å². The number of hydrogen-bond donors (Lipinski definition) is 0. The van der Waals surface area contributed by atoms with E-state index in [2.05, 4.69) is 6.08 Å². The third kappa shape index (κ3) is 0.539. The van der Waals surface area contributed by atoms with Gasteiger partial charge < -0.3 is 4.74 Å². The normalized spacial score (nSPS) is 46.4. The predicted octanol–water partition coefficient (Wildman–Crippen LogP) is 1.19. The first kappa shape index (κ1) is 7.30. The van der Waals surface area contributed by atoms with Gasteiger partial charge in [0.1, 0.15) is 0 Å². The number of ether oxygens (including phenoxy) is 1. The Balaban J connectivity index is 2.23. The van der Waals surface area contributed by atoms with Crippen LogP contribution in [0.15, 0.2) is 11.6 Å². The van der Waals surface area contributed by atoms with Gasteiger partial charge in [0.2, 0.25) is 0 Å². The Bertz CT molecular complexity index is 368. The minimum absolute atomic E-state index is 0.302. The maximum absolute atomic E-state index is 11.6. The van der Waals surface area contributed by atoms with Crippen molar-refractivity contribution in [2.24, 2.45) is 10.8 Å². The van der Waals surface area contributed by atoms with Gasteiger partial charge in [0, 0.05) is 0 Å². The molecule has 3 nitrogen and oxygen atoms in total. The van der Waals surface area contributed by atoms with Gasteiger partial charge in [0.25, 0.3) is 0 Å². The Morgan fingerprint density at radius 2 is 2.08 bits per heavy atom. The maximum Gasteiger partial charge on any atom is 0.321 e. The van der Waals surface area contributed by atoms with E-state index in [1.54, 1.807) is 0 Å². The minimum atomic E-state index is -0.547. The Morgan fingerprint density at radius 1 is 1.31 bits per heavy atom. The van der Waals surface area contributed by atoms with Crippen molar-refractivity contribution in [2.75, 3.05) is 0 Å². The zero-order chi connectivity index (χ0) is 9.27. The number of rotatable bonds is 0. The highest BCUT2D eigenvalue weighted by Crippen LogP contribution is 2.65. The third-order valence-electron chi connectivity index (χ3n) is 3.93. The van der Waals surface area contributed by atoms with Gasteiger partial charge in [-0.2, -0.15) is 0 Å². The summed E-state index contributed by atoms with van der Waals surface area (Å²) < 4.78 is 4.74. The fourth-order valence-electron chi connectivity index (χ4n) is 2.97. The zero-order valence-corrected chi connectivity index (χ0v) is 7.42. The Hall–Kier alpha value is -1.12. The molecule has 2 aliphatic carbocycles. The van der Waals surface area contributed by atoms with Crippen LogP contribution in [0.1, 0.15) is 26.2 Å². The number of allylic oxidation sites excluding steroid dienone is 2. The molecule has 3 heteroatoms.